The van der Waals surface area contributed by atoms with E-state index >= 15 is 0 Å². The molecule has 0 aliphatic carbocycles. The maximum Gasteiger partial charge on any atom is 0.233 e. The Labute approximate surface area is 110 Å². The van der Waals surface area contributed by atoms with Gasteiger partial charge in [0.25, 0.3) is 0 Å². The molecule has 0 unspecified atom stereocenters. The number of anilines is 4. The molecule has 19 heavy (non-hydrogen) atoms. The third-order valence-corrected chi connectivity index (χ3v) is 2.34. The first-order valence-corrected chi connectivity index (χ1v) is 5.67. The smallest absolute Gasteiger partial charge is 0.233 e. The van der Waals surface area contributed by atoms with Crippen molar-refractivity contribution in [2.24, 2.45) is 0 Å². The predicted molar refractivity (Wildman–Crippen MR) is 73.0 cm³/mol. The summed E-state index contributed by atoms with van der Waals surface area (Å²) in [5, 5.41) is 2.91. The maximum atomic E-state index is 13.3. The van der Waals surface area contributed by atoms with Crippen LogP contribution < -0.4 is 16.0 Å². The molecule has 0 saturated heterocycles. The monoisotopic (exact) mass is 262 g/mol. The van der Waals surface area contributed by atoms with Gasteiger partial charge >= 0.3 is 0 Å². The van der Waals surface area contributed by atoms with Gasteiger partial charge in [-0.25, -0.2) is 4.39 Å². The lowest BCUT2D eigenvalue weighted by Gasteiger charge is -2.12. The van der Waals surface area contributed by atoms with Gasteiger partial charge in [0.2, 0.25) is 17.8 Å². The highest BCUT2D eigenvalue weighted by atomic mass is 19.1. The van der Waals surface area contributed by atoms with Gasteiger partial charge in [0.15, 0.2) is 0 Å². The normalized spacial score (nSPS) is 10.3. The maximum absolute atomic E-state index is 13.3. The van der Waals surface area contributed by atoms with Crippen LogP contribution in [0.1, 0.15) is 5.56 Å². The molecule has 3 N–H and O–H groups in total. The van der Waals surface area contributed by atoms with Gasteiger partial charge in [0, 0.05) is 19.8 Å². The third-order valence-electron chi connectivity index (χ3n) is 2.34. The van der Waals surface area contributed by atoms with Crippen LogP contribution in [-0.4, -0.2) is 29.0 Å². The van der Waals surface area contributed by atoms with E-state index in [9.17, 15) is 4.39 Å². The average Bonchev–Trinajstić information content (AvgIpc) is 2.26. The summed E-state index contributed by atoms with van der Waals surface area (Å²) in [5.74, 6) is 0.496. The summed E-state index contributed by atoms with van der Waals surface area (Å²) in [6.45, 7) is 1.81. The zero-order chi connectivity index (χ0) is 14.0. The van der Waals surface area contributed by atoms with E-state index in [0.29, 0.717) is 11.6 Å². The lowest BCUT2D eigenvalue weighted by atomic mass is 10.2. The van der Waals surface area contributed by atoms with Gasteiger partial charge in [-0.2, -0.15) is 15.0 Å². The molecule has 1 aromatic carbocycles. The minimum absolute atomic E-state index is 0.106. The van der Waals surface area contributed by atoms with Gasteiger partial charge in [0.1, 0.15) is 5.82 Å². The van der Waals surface area contributed by atoms with Gasteiger partial charge in [-0.15, -0.1) is 0 Å². The molecule has 6 nitrogen and oxygen atoms in total. The molecule has 0 spiro atoms. The number of nitrogens with one attached hydrogen (secondary N) is 1. The highest BCUT2D eigenvalue weighted by Crippen LogP contribution is 2.18. The summed E-state index contributed by atoms with van der Waals surface area (Å²) < 4.78 is 13.3. The molecule has 0 atom stereocenters. The quantitative estimate of drug-likeness (QED) is 0.876. The van der Waals surface area contributed by atoms with E-state index < -0.39 is 0 Å². The van der Waals surface area contributed by atoms with Crippen LogP contribution in [-0.2, 0) is 0 Å². The molecule has 0 saturated carbocycles. The number of hydrogen-bond donors (Lipinski definition) is 2. The zero-order valence-corrected chi connectivity index (χ0v) is 11.0. The topological polar surface area (TPSA) is 80.0 Å². The fourth-order valence-electron chi connectivity index (χ4n) is 1.57. The van der Waals surface area contributed by atoms with E-state index in [1.807, 2.05) is 0 Å². The second-order valence-electron chi connectivity index (χ2n) is 4.35. The number of nitrogens with zero attached hydrogens (tertiary/aromatic N) is 4. The Morgan fingerprint density at radius 2 is 1.89 bits per heavy atom. The number of hydrogen-bond acceptors (Lipinski definition) is 6. The molecule has 0 fully saturated rings. The first kappa shape index (κ1) is 13.0. The number of nitrogens with two attached hydrogens (primary N) is 1. The van der Waals surface area contributed by atoms with Crippen LogP contribution in [0.2, 0.25) is 0 Å². The fraction of sp³-hybridized carbons (Fsp3) is 0.250. The second kappa shape index (κ2) is 5.05. The van der Waals surface area contributed by atoms with Crippen LogP contribution in [0.5, 0.6) is 0 Å². The third kappa shape index (κ3) is 3.27. The molecule has 0 aliphatic heterocycles. The van der Waals surface area contributed by atoms with E-state index in [4.69, 9.17) is 5.73 Å². The molecule has 1 aromatic heterocycles. The largest absolute Gasteiger partial charge is 0.368 e. The van der Waals surface area contributed by atoms with Gasteiger partial charge in [-0.3, -0.25) is 0 Å². The van der Waals surface area contributed by atoms with E-state index in [1.54, 1.807) is 32.0 Å². The molecule has 0 bridgehead atoms. The number of halogens is 1. The van der Waals surface area contributed by atoms with Gasteiger partial charge in [-0.1, -0.05) is 0 Å². The Balaban J connectivity index is 2.32. The van der Waals surface area contributed by atoms with Gasteiger partial charge in [-0.05, 0) is 30.7 Å². The zero-order valence-electron chi connectivity index (χ0n) is 11.0. The summed E-state index contributed by atoms with van der Waals surface area (Å²) in [6, 6.07) is 4.60. The Morgan fingerprint density at radius 1 is 1.16 bits per heavy atom. The molecule has 100 valence electrons. The van der Waals surface area contributed by atoms with Crippen LogP contribution in [0.15, 0.2) is 18.2 Å². The van der Waals surface area contributed by atoms with Crippen LogP contribution >= 0.6 is 0 Å². The fourth-order valence-corrected chi connectivity index (χ4v) is 1.57. The van der Waals surface area contributed by atoms with Crippen LogP contribution in [0.3, 0.4) is 0 Å². The molecule has 0 amide bonds. The lowest BCUT2D eigenvalue weighted by molar-refractivity contribution is 0.627. The summed E-state index contributed by atoms with van der Waals surface area (Å²) in [6.07, 6.45) is 0. The van der Waals surface area contributed by atoms with Crippen molar-refractivity contribution in [1.82, 2.24) is 15.0 Å². The van der Waals surface area contributed by atoms with Crippen molar-refractivity contribution in [3.63, 3.8) is 0 Å². The minimum atomic E-state index is -0.322. The van der Waals surface area contributed by atoms with Crippen molar-refractivity contribution in [1.29, 1.82) is 0 Å². The Morgan fingerprint density at radius 3 is 2.53 bits per heavy atom. The number of rotatable bonds is 3. The van der Waals surface area contributed by atoms with Crippen LogP contribution in [0.25, 0.3) is 0 Å². The van der Waals surface area contributed by atoms with E-state index in [2.05, 4.69) is 20.3 Å². The number of aryl methyl sites for hydroxylation is 1. The van der Waals surface area contributed by atoms with Crippen molar-refractivity contribution in [3.8, 4) is 0 Å². The molecular formula is C12H15FN6. The number of benzene rings is 1. The standard InChI is InChI=1S/C12H15FN6/c1-7-4-8(13)6-9(5-7)15-11-16-10(14)17-12(18-11)19(2)3/h4-6H,1-3H3,(H3,14,15,16,17,18). The molecule has 1 heterocycles. The van der Waals surface area contributed by atoms with E-state index in [1.165, 1.54) is 12.1 Å². The molecular weight excluding hydrogens is 247 g/mol. The van der Waals surface area contributed by atoms with Crippen LogP contribution in [0.4, 0.5) is 27.9 Å². The van der Waals surface area contributed by atoms with Crippen molar-refractivity contribution < 1.29 is 4.39 Å². The number of nitrogen functional groups attached to an aromatic ring is 1. The second-order valence-corrected chi connectivity index (χ2v) is 4.35. The lowest BCUT2D eigenvalue weighted by Crippen LogP contribution is -2.15. The minimum Gasteiger partial charge on any atom is -0.368 e. The Kier molecular flexibility index (Phi) is 3.46. The van der Waals surface area contributed by atoms with E-state index in [-0.39, 0.29) is 17.7 Å². The SMILES string of the molecule is Cc1cc(F)cc(Nc2nc(N)nc(N(C)C)n2)c1. The highest BCUT2D eigenvalue weighted by molar-refractivity contribution is 5.56. The average molecular weight is 262 g/mol. The van der Waals surface area contributed by atoms with Crippen LogP contribution in [0, 0.1) is 12.7 Å². The van der Waals surface area contributed by atoms with Crippen molar-refractivity contribution >= 4 is 23.5 Å². The summed E-state index contributed by atoms with van der Waals surface area (Å²) in [5.41, 5.74) is 6.97. The molecule has 0 aliphatic rings. The van der Waals surface area contributed by atoms with Gasteiger partial charge < -0.3 is 16.0 Å². The van der Waals surface area contributed by atoms with E-state index in [0.717, 1.165) is 5.56 Å². The first-order valence-electron chi connectivity index (χ1n) is 5.67. The van der Waals surface area contributed by atoms with Gasteiger partial charge in [0.05, 0.1) is 0 Å². The number of aromatic nitrogens is 3. The van der Waals surface area contributed by atoms with Crippen molar-refractivity contribution in [2.45, 2.75) is 6.92 Å². The summed E-state index contributed by atoms with van der Waals surface area (Å²) >= 11 is 0. The Bertz CT molecular complexity index is 579. The predicted octanol–water partition coefficient (Wildman–Crippen LogP) is 1.71. The highest BCUT2D eigenvalue weighted by Gasteiger charge is 2.07. The first-order chi connectivity index (χ1) is 8.94. The molecule has 2 aromatic rings. The summed E-state index contributed by atoms with van der Waals surface area (Å²) in [4.78, 5) is 13.8. The molecule has 0 radical (unpaired) electrons. The van der Waals surface area contributed by atoms with Crippen molar-refractivity contribution in [2.75, 3.05) is 30.0 Å². The Hall–Kier alpha value is -2.44. The molecule has 2 rings (SSSR count). The molecule has 7 heteroatoms. The van der Waals surface area contributed by atoms with Crippen molar-refractivity contribution in [3.05, 3.63) is 29.6 Å². The summed E-state index contributed by atoms with van der Waals surface area (Å²) in [7, 11) is 3.59.